The Hall–Kier alpha value is -3.14. The Morgan fingerprint density at radius 3 is 2.23 bits per heavy atom. The lowest BCUT2D eigenvalue weighted by molar-refractivity contribution is -0.139. The maximum Gasteiger partial charge on any atom is 0.330 e. The third kappa shape index (κ3) is 7.33. The van der Waals surface area contributed by atoms with Gasteiger partial charge in [-0.1, -0.05) is 95.8 Å². The predicted molar refractivity (Wildman–Crippen MR) is 165 cm³/mol. The van der Waals surface area contributed by atoms with Gasteiger partial charge >= 0.3 is 5.97 Å². The number of unbranched alkanes of at least 4 members (excludes halogenated alkanes) is 1. The highest BCUT2D eigenvalue weighted by Gasteiger charge is 2.63. The number of fused-ring (bicyclic) bond motifs is 2. The first-order chi connectivity index (χ1) is 19.0. The highest BCUT2D eigenvalue weighted by molar-refractivity contribution is 6.07. The highest BCUT2D eigenvalue weighted by Crippen LogP contribution is 2.65. The smallest absolute Gasteiger partial charge is 0.330 e. The number of benzene rings is 2. The highest BCUT2D eigenvalue weighted by atomic mass is 16.5. The van der Waals surface area contributed by atoms with E-state index in [1.54, 1.807) is 13.2 Å². The minimum Gasteiger partial charge on any atom is -0.497 e. The number of Topliss-reactive ketones (excluding diaryl/α,β-unsaturated/α-hetero) is 1. The topological polar surface area (TPSA) is 52.6 Å². The van der Waals surface area contributed by atoms with Gasteiger partial charge in [0.2, 0.25) is 0 Å². The average molecular weight is 545 g/mol. The molecule has 2 aromatic carbocycles. The molecule has 0 aliphatic heterocycles. The van der Waals surface area contributed by atoms with E-state index >= 15 is 0 Å². The van der Waals surface area contributed by atoms with Crippen LogP contribution in [0.25, 0.3) is 12.2 Å². The van der Waals surface area contributed by atoms with E-state index in [9.17, 15) is 9.59 Å². The molecule has 0 heterocycles. The second-order valence-electron chi connectivity index (χ2n) is 12.1. The largest absolute Gasteiger partial charge is 0.497 e. The van der Waals surface area contributed by atoms with E-state index in [-0.39, 0.29) is 16.8 Å². The van der Waals surface area contributed by atoms with Crippen molar-refractivity contribution in [1.29, 1.82) is 0 Å². The third-order valence-corrected chi connectivity index (χ3v) is 9.30. The normalized spacial score (nSPS) is 22.7. The second kappa shape index (κ2) is 14.0. The summed E-state index contributed by atoms with van der Waals surface area (Å²) in [6.07, 6.45) is 12.1. The van der Waals surface area contributed by atoms with Crippen LogP contribution in [-0.4, -0.2) is 25.5 Å². The van der Waals surface area contributed by atoms with E-state index in [1.807, 2.05) is 24.3 Å². The van der Waals surface area contributed by atoms with Crippen molar-refractivity contribution in [3.05, 3.63) is 76.9 Å². The first-order valence-electron chi connectivity index (χ1n) is 14.9. The molecule has 0 N–H and O–H groups in total. The van der Waals surface area contributed by atoms with E-state index in [4.69, 9.17) is 9.47 Å². The molecule has 0 saturated heterocycles. The average Bonchev–Trinajstić information content (AvgIpc) is 3.27. The first kappa shape index (κ1) is 31.4. The summed E-state index contributed by atoms with van der Waals surface area (Å²) in [6.45, 7) is 13.6. The molecule has 4 rings (SSSR count). The maximum absolute atomic E-state index is 12.7. The summed E-state index contributed by atoms with van der Waals surface area (Å²) in [5.41, 5.74) is 4.39. The number of methoxy groups -OCH3 is 1. The molecule has 0 aromatic heterocycles. The van der Waals surface area contributed by atoms with Gasteiger partial charge < -0.3 is 9.47 Å². The van der Waals surface area contributed by atoms with Gasteiger partial charge in [-0.2, -0.15) is 0 Å². The lowest BCUT2D eigenvalue weighted by Crippen LogP contribution is -2.32. The molecule has 0 amide bonds. The van der Waals surface area contributed by atoms with Crippen LogP contribution in [0.3, 0.4) is 0 Å². The zero-order valence-corrected chi connectivity index (χ0v) is 25.6. The monoisotopic (exact) mass is 544 g/mol. The summed E-state index contributed by atoms with van der Waals surface area (Å²) in [6, 6.07) is 16.0. The number of rotatable bonds is 10. The fourth-order valence-corrected chi connectivity index (χ4v) is 5.96. The van der Waals surface area contributed by atoms with Crippen LogP contribution in [0.15, 0.2) is 60.2 Å². The van der Waals surface area contributed by atoms with E-state index in [0.717, 1.165) is 48.1 Å². The Morgan fingerprint density at radius 2 is 1.68 bits per heavy atom. The molecule has 0 spiro atoms. The SMILES string of the molecule is CCCCC(CC)COC(=O)/C=C/c1ccc(OC)cc1.Cc1ccc(/C=C2/C(=O)C3(C)CCC2C3(C)C)cc1. The molecular formula is C36H48O4. The zero-order valence-electron chi connectivity index (χ0n) is 25.6. The lowest BCUT2D eigenvalue weighted by atomic mass is 9.70. The summed E-state index contributed by atoms with van der Waals surface area (Å²) in [5, 5.41) is 0. The summed E-state index contributed by atoms with van der Waals surface area (Å²) in [5.74, 6) is 1.82. The second-order valence-corrected chi connectivity index (χ2v) is 12.1. The molecule has 2 fully saturated rings. The molecule has 40 heavy (non-hydrogen) atoms. The lowest BCUT2D eigenvalue weighted by Gasteiger charge is -2.31. The number of carbonyl (C=O) groups excluding carboxylic acids is 2. The number of hydrogen-bond donors (Lipinski definition) is 0. The number of allylic oxidation sites excluding steroid dienone is 1. The number of hydrogen-bond acceptors (Lipinski definition) is 4. The van der Waals surface area contributed by atoms with Gasteiger partial charge in [0, 0.05) is 11.5 Å². The van der Waals surface area contributed by atoms with Gasteiger partial charge in [0.25, 0.3) is 0 Å². The van der Waals surface area contributed by atoms with E-state index in [2.05, 4.69) is 71.9 Å². The van der Waals surface area contributed by atoms with Crippen molar-refractivity contribution < 1.29 is 19.1 Å². The number of esters is 1. The molecular weight excluding hydrogens is 496 g/mol. The number of aryl methyl sites for hydroxylation is 1. The molecule has 3 atom stereocenters. The van der Waals surface area contributed by atoms with Crippen molar-refractivity contribution >= 4 is 23.9 Å². The molecule has 2 aromatic rings. The predicted octanol–water partition coefficient (Wildman–Crippen LogP) is 8.87. The van der Waals surface area contributed by atoms with Crippen LogP contribution in [0.2, 0.25) is 0 Å². The molecule has 216 valence electrons. The standard InChI is InChI=1S/C18H26O3.C18H22O/c1-4-6-7-15(5-2)14-21-18(19)13-10-16-8-11-17(20-3)12-9-16;1-12-5-7-13(8-6-12)11-14-15-9-10-18(4,16(14)19)17(15,2)3/h8-13,15H,4-7,14H2,1-3H3;5-8,11,15H,9-10H2,1-4H3/b13-10+;14-11+. The summed E-state index contributed by atoms with van der Waals surface area (Å²) < 4.78 is 10.4. The van der Waals surface area contributed by atoms with Gasteiger partial charge in [-0.15, -0.1) is 0 Å². The summed E-state index contributed by atoms with van der Waals surface area (Å²) in [4.78, 5) is 24.4. The molecule has 2 aliphatic rings. The van der Waals surface area contributed by atoms with E-state index in [0.29, 0.717) is 24.2 Å². The minimum absolute atomic E-state index is 0.112. The van der Waals surface area contributed by atoms with Crippen molar-refractivity contribution in [2.75, 3.05) is 13.7 Å². The van der Waals surface area contributed by atoms with Crippen molar-refractivity contribution in [1.82, 2.24) is 0 Å². The van der Waals surface area contributed by atoms with Crippen LogP contribution in [0.1, 0.15) is 89.8 Å². The van der Waals surface area contributed by atoms with Crippen LogP contribution >= 0.6 is 0 Å². The van der Waals surface area contributed by atoms with Crippen LogP contribution in [0.4, 0.5) is 0 Å². The minimum atomic E-state index is -0.277. The van der Waals surface area contributed by atoms with Gasteiger partial charge in [-0.05, 0) is 84.4 Å². The maximum atomic E-state index is 12.7. The van der Waals surface area contributed by atoms with Crippen LogP contribution < -0.4 is 4.74 Å². The first-order valence-corrected chi connectivity index (χ1v) is 14.9. The molecule has 2 saturated carbocycles. The Morgan fingerprint density at radius 1 is 1.02 bits per heavy atom. The number of ketones is 1. The van der Waals surface area contributed by atoms with Gasteiger partial charge in [-0.25, -0.2) is 4.79 Å². The van der Waals surface area contributed by atoms with Gasteiger partial charge in [0.1, 0.15) is 5.75 Å². The molecule has 3 unspecified atom stereocenters. The van der Waals surface area contributed by atoms with Gasteiger partial charge in [-0.3, -0.25) is 4.79 Å². The van der Waals surface area contributed by atoms with E-state index < -0.39 is 0 Å². The molecule has 4 heteroatoms. The Balaban J connectivity index is 0.000000221. The molecule has 2 bridgehead atoms. The molecule has 4 nitrogen and oxygen atoms in total. The molecule has 2 aliphatic carbocycles. The van der Waals surface area contributed by atoms with Crippen molar-refractivity contribution in [2.45, 2.75) is 80.1 Å². The quantitative estimate of drug-likeness (QED) is 0.221. The fraction of sp³-hybridized carbons (Fsp3) is 0.500. The Bertz CT molecular complexity index is 1190. The molecule has 0 radical (unpaired) electrons. The summed E-state index contributed by atoms with van der Waals surface area (Å²) in [7, 11) is 1.63. The fourth-order valence-electron chi connectivity index (χ4n) is 5.96. The van der Waals surface area contributed by atoms with Crippen LogP contribution in [-0.2, 0) is 14.3 Å². The Labute approximate surface area is 241 Å². The van der Waals surface area contributed by atoms with Gasteiger partial charge in [0.05, 0.1) is 13.7 Å². The third-order valence-electron chi connectivity index (χ3n) is 9.30. The van der Waals surface area contributed by atoms with Gasteiger partial charge in [0.15, 0.2) is 5.78 Å². The van der Waals surface area contributed by atoms with Crippen molar-refractivity contribution in [2.24, 2.45) is 22.7 Å². The van der Waals surface area contributed by atoms with Crippen molar-refractivity contribution in [3.8, 4) is 5.75 Å². The van der Waals surface area contributed by atoms with E-state index in [1.165, 1.54) is 24.5 Å². The zero-order chi connectivity index (χ0) is 29.3. The van der Waals surface area contributed by atoms with Crippen LogP contribution in [0.5, 0.6) is 5.75 Å². The summed E-state index contributed by atoms with van der Waals surface area (Å²) >= 11 is 0. The number of ether oxygens (including phenoxy) is 2. The van der Waals surface area contributed by atoms with Crippen molar-refractivity contribution in [3.63, 3.8) is 0 Å². The van der Waals surface area contributed by atoms with Crippen LogP contribution in [0, 0.1) is 29.6 Å². The number of carbonyl (C=O) groups is 2. The Kier molecular flexibility index (Phi) is 11.0.